The molecular formula is C9H7F4N3O. The van der Waals surface area contributed by atoms with Gasteiger partial charge in [0.05, 0.1) is 18.2 Å². The predicted octanol–water partition coefficient (Wildman–Crippen LogP) is 3.19. The average molecular weight is 249 g/mol. The molecule has 8 heteroatoms. The molecule has 0 saturated heterocycles. The molecule has 0 radical (unpaired) electrons. The summed E-state index contributed by atoms with van der Waals surface area (Å²) >= 11 is 0. The number of hydrogen-bond acceptors (Lipinski definition) is 2. The van der Waals surface area contributed by atoms with Gasteiger partial charge < -0.3 is 5.11 Å². The van der Waals surface area contributed by atoms with Crippen LogP contribution in [0.2, 0.25) is 0 Å². The van der Waals surface area contributed by atoms with Gasteiger partial charge in [0.1, 0.15) is 5.82 Å². The van der Waals surface area contributed by atoms with Crippen LogP contribution in [0.15, 0.2) is 23.3 Å². The molecular weight excluding hydrogens is 242 g/mol. The number of nitrogens with zero attached hydrogens (tertiary/aromatic N) is 3. The van der Waals surface area contributed by atoms with Crippen molar-refractivity contribution in [2.45, 2.75) is 12.2 Å². The van der Waals surface area contributed by atoms with Gasteiger partial charge in [-0.3, -0.25) is 0 Å². The molecule has 0 aromatic heterocycles. The first-order valence-corrected chi connectivity index (χ1v) is 4.41. The van der Waals surface area contributed by atoms with E-state index in [0.29, 0.717) is 12.1 Å². The van der Waals surface area contributed by atoms with Gasteiger partial charge in [-0.2, -0.15) is 13.2 Å². The first kappa shape index (κ1) is 13.3. The Hall–Kier alpha value is -1.79. The highest BCUT2D eigenvalue weighted by molar-refractivity contribution is 5.29. The van der Waals surface area contributed by atoms with Crippen LogP contribution in [0.1, 0.15) is 17.2 Å². The molecule has 92 valence electrons. The van der Waals surface area contributed by atoms with E-state index in [9.17, 15) is 17.6 Å². The molecule has 0 aliphatic rings. The van der Waals surface area contributed by atoms with Gasteiger partial charge in [0.15, 0.2) is 0 Å². The van der Waals surface area contributed by atoms with Crippen LogP contribution in [0.3, 0.4) is 0 Å². The molecule has 1 rings (SSSR count). The van der Waals surface area contributed by atoms with Crippen LogP contribution in [-0.2, 0) is 6.18 Å². The number of hydrogen-bond donors (Lipinski definition) is 1. The topological polar surface area (TPSA) is 69.0 Å². The van der Waals surface area contributed by atoms with E-state index >= 15 is 0 Å². The second kappa shape index (κ2) is 5.03. The highest BCUT2D eigenvalue weighted by atomic mass is 19.4. The minimum Gasteiger partial charge on any atom is -0.396 e. The van der Waals surface area contributed by atoms with Gasteiger partial charge in [-0.1, -0.05) is 5.11 Å². The van der Waals surface area contributed by atoms with Crippen molar-refractivity contribution in [1.29, 1.82) is 0 Å². The van der Waals surface area contributed by atoms with Crippen molar-refractivity contribution >= 4 is 0 Å². The highest BCUT2D eigenvalue weighted by Gasteiger charge is 2.31. The zero-order valence-electron chi connectivity index (χ0n) is 8.32. The zero-order valence-corrected chi connectivity index (χ0v) is 8.32. The summed E-state index contributed by atoms with van der Waals surface area (Å²) in [4.78, 5) is 2.37. The fourth-order valence-corrected chi connectivity index (χ4v) is 1.24. The van der Waals surface area contributed by atoms with Gasteiger partial charge in [0.2, 0.25) is 0 Å². The molecule has 1 atom stereocenters. The maximum Gasteiger partial charge on any atom is 0.416 e. The maximum atomic E-state index is 13.0. The Bertz CT molecular complexity index is 454. The normalized spacial score (nSPS) is 13.0. The summed E-state index contributed by atoms with van der Waals surface area (Å²) in [5.74, 6) is -1.11. The van der Waals surface area contributed by atoms with Crippen LogP contribution in [-0.4, -0.2) is 11.7 Å². The third-order valence-electron chi connectivity index (χ3n) is 2.00. The predicted molar refractivity (Wildman–Crippen MR) is 50.4 cm³/mol. The summed E-state index contributed by atoms with van der Waals surface area (Å²) in [7, 11) is 0. The van der Waals surface area contributed by atoms with Crippen molar-refractivity contribution in [2.24, 2.45) is 5.11 Å². The SMILES string of the molecule is [N-]=[N+]=NC(CO)c1cc(F)cc(C(F)(F)F)c1. The second-order valence-electron chi connectivity index (χ2n) is 3.17. The molecule has 4 nitrogen and oxygen atoms in total. The van der Waals surface area contributed by atoms with Gasteiger partial charge in [-0.25, -0.2) is 4.39 Å². The summed E-state index contributed by atoms with van der Waals surface area (Å²) in [5.41, 5.74) is 6.74. The lowest BCUT2D eigenvalue weighted by molar-refractivity contribution is -0.137. The Morgan fingerprint density at radius 2 is 2.00 bits per heavy atom. The fraction of sp³-hybridized carbons (Fsp3) is 0.333. The number of alkyl halides is 3. The zero-order chi connectivity index (χ0) is 13.1. The monoisotopic (exact) mass is 249 g/mol. The van der Waals surface area contributed by atoms with E-state index in [4.69, 9.17) is 10.6 Å². The summed E-state index contributed by atoms with van der Waals surface area (Å²) in [6, 6.07) is 0.508. The average Bonchev–Trinajstić information content (AvgIpc) is 2.23. The molecule has 17 heavy (non-hydrogen) atoms. The van der Waals surface area contributed by atoms with Crippen LogP contribution >= 0.6 is 0 Å². The molecule has 0 heterocycles. The van der Waals surface area contributed by atoms with Crippen molar-refractivity contribution in [3.05, 3.63) is 45.6 Å². The van der Waals surface area contributed by atoms with Gasteiger partial charge in [-0.15, -0.1) is 0 Å². The first-order valence-electron chi connectivity index (χ1n) is 4.41. The summed E-state index contributed by atoms with van der Waals surface area (Å²) in [6.07, 6.45) is -4.70. The van der Waals surface area contributed by atoms with Crippen molar-refractivity contribution in [3.63, 3.8) is 0 Å². The Kier molecular flexibility index (Phi) is 3.93. The number of benzene rings is 1. The summed E-state index contributed by atoms with van der Waals surface area (Å²) in [5, 5.41) is 11.9. The maximum absolute atomic E-state index is 13.0. The van der Waals surface area contributed by atoms with Gasteiger partial charge >= 0.3 is 6.18 Å². The standard InChI is InChI=1S/C9H7F4N3O/c10-7-2-5(8(4-17)15-16-14)1-6(3-7)9(11,12)13/h1-3,8,17H,4H2. The van der Waals surface area contributed by atoms with Crippen LogP contribution in [0, 0.1) is 5.82 Å². The lowest BCUT2D eigenvalue weighted by Gasteiger charge is -2.12. The number of azide groups is 1. The number of aliphatic hydroxyl groups excluding tert-OH is 1. The molecule has 1 aromatic rings. The van der Waals surface area contributed by atoms with E-state index in [0.717, 1.165) is 6.07 Å². The van der Waals surface area contributed by atoms with E-state index in [2.05, 4.69) is 10.0 Å². The van der Waals surface area contributed by atoms with Crippen molar-refractivity contribution in [3.8, 4) is 0 Å². The lowest BCUT2D eigenvalue weighted by Crippen LogP contribution is -2.08. The molecule has 0 saturated carbocycles. The van der Waals surface area contributed by atoms with E-state index < -0.39 is 30.2 Å². The highest BCUT2D eigenvalue weighted by Crippen LogP contribution is 2.32. The molecule has 0 aliphatic carbocycles. The third-order valence-corrected chi connectivity index (χ3v) is 2.00. The molecule has 1 unspecified atom stereocenters. The molecule has 1 aromatic carbocycles. The summed E-state index contributed by atoms with van der Waals surface area (Å²) < 4.78 is 50.1. The van der Waals surface area contributed by atoms with E-state index in [1.807, 2.05) is 0 Å². The Balaban J connectivity index is 3.26. The van der Waals surface area contributed by atoms with Crippen molar-refractivity contribution in [2.75, 3.05) is 6.61 Å². The Morgan fingerprint density at radius 1 is 1.35 bits per heavy atom. The van der Waals surface area contributed by atoms with Crippen molar-refractivity contribution < 1.29 is 22.7 Å². The molecule has 0 fully saturated rings. The molecule has 0 amide bonds. The largest absolute Gasteiger partial charge is 0.416 e. The number of aliphatic hydroxyl groups is 1. The smallest absolute Gasteiger partial charge is 0.396 e. The van der Waals surface area contributed by atoms with E-state index in [1.54, 1.807) is 0 Å². The minimum absolute atomic E-state index is 0.224. The van der Waals surface area contributed by atoms with Gasteiger partial charge in [-0.05, 0) is 29.3 Å². The quantitative estimate of drug-likeness (QED) is 0.380. The van der Waals surface area contributed by atoms with Gasteiger partial charge in [0, 0.05) is 4.91 Å². The van der Waals surface area contributed by atoms with E-state index in [-0.39, 0.29) is 5.56 Å². The fourth-order valence-electron chi connectivity index (χ4n) is 1.24. The van der Waals surface area contributed by atoms with Crippen LogP contribution in [0.5, 0.6) is 0 Å². The van der Waals surface area contributed by atoms with Crippen LogP contribution in [0.4, 0.5) is 17.6 Å². The Labute approximate surface area is 93.1 Å². The molecule has 0 spiro atoms. The van der Waals surface area contributed by atoms with Crippen LogP contribution < -0.4 is 0 Å². The second-order valence-corrected chi connectivity index (χ2v) is 3.17. The van der Waals surface area contributed by atoms with Gasteiger partial charge in [0.25, 0.3) is 0 Å². The number of rotatable bonds is 3. The lowest BCUT2D eigenvalue weighted by atomic mass is 10.0. The first-order chi connectivity index (χ1) is 7.88. The molecule has 0 bridgehead atoms. The van der Waals surface area contributed by atoms with E-state index in [1.165, 1.54) is 0 Å². The Morgan fingerprint density at radius 3 is 2.47 bits per heavy atom. The third kappa shape index (κ3) is 3.33. The summed E-state index contributed by atoms with van der Waals surface area (Å²) in [6.45, 7) is -0.704. The minimum atomic E-state index is -4.70. The van der Waals surface area contributed by atoms with Crippen molar-refractivity contribution in [1.82, 2.24) is 0 Å². The molecule has 0 aliphatic heterocycles. The number of halogens is 4. The van der Waals surface area contributed by atoms with Crippen LogP contribution in [0.25, 0.3) is 10.4 Å². The molecule has 1 N–H and O–H groups in total.